The number of hydrogen-bond donors (Lipinski definition) is 1. The van der Waals surface area contributed by atoms with Gasteiger partial charge in [0.2, 0.25) is 0 Å². The van der Waals surface area contributed by atoms with Gasteiger partial charge in [-0.2, -0.15) is 5.26 Å². The fourth-order valence-electron chi connectivity index (χ4n) is 1.90. The number of benzene rings is 1. The molecule has 0 unspecified atom stereocenters. The molecule has 0 atom stereocenters. The van der Waals surface area contributed by atoms with E-state index in [1.54, 1.807) is 0 Å². The first-order valence-corrected chi connectivity index (χ1v) is 7.36. The second-order valence-corrected chi connectivity index (χ2v) is 5.97. The van der Waals surface area contributed by atoms with Crippen LogP contribution < -0.4 is 5.32 Å². The Balaban J connectivity index is 2.22. The Morgan fingerprint density at radius 2 is 1.95 bits per heavy atom. The highest BCUT2D eigenvalue weighted by molar-refractivity contribution is 9.11. The smallest absolute Gasteiger partial charge is 0.120 e. The number of nitrogens with one attached hydrogen (secondary N) is 1. The number of hydrogen-bond acceptors (Lipinski definition) is 2. The molecule has 0 radical (unpaired) electrons. The van der Waals surface area contributed by atoms with Crippen molar-refractivity contribution >= 4 is 37.5 Å². The van der Waals surface area contributed by atoms with Crippen LogP contribution in [0.2, 0.25) is 0 Å². The van der Waals surface area contributed by atoms with Gasteiger partial charge in [0.1, 0.15) is 11.8 Å². The monoisotopic (exact) mass is 381 g/mol. The topological polar surface area (TPSA) is 40.8 Å². The summed E-state index contributed by atoms with van der Waals surface area (Å²) in [6, 6.07) is 10.1. The summed E-state index contributed by atoms with van der Waals surface area (Å²) in [4.78, 5) is 0. The summed E-state index contributed by atoms with van der Waals surface area (Å²) in [7, 11) is 1.91. The van der Waals surface area contributed by atoms with Gasteiger partial charge in [0.25, 0.3) is 0 Å². The molecule has 1 aromatic carbocycles. The molecule has 19 heavy (non-hydrogen) atoms. The van der Waals surface area contributed by atoms with E-state index in [4.69, 9.17) is 5.26 Å². The lowest BCUT2D eigenvalue weighted by molar-refractivity contribution is 0.856. The van der Waals surface area contributed by atoms with Crippen LogP contribution in [0.1, 0.15) is 17.0 Å². The highest BCUT2D eigenvalue weighted by atomic mass is 79.9. The third-order valence-corrected chi connectivity index (χ3v) is 4.49. The van der Waals surface area contributed by atoms with Gasteiger partial charge in [-0.3, -0.25) is 0 Å². The van der Waals surface area contributed by atoms with E-state index in [1.807, 2.05) is 42.8 Å². The lowest BCUT2D eigenvalue weighted by atomic mass is 10.2. The predicted octanol–water partition coefficient (Wildman–Crippen LogP) is 4.34. The van der Waals surface area contributed by atoms with E-state index in [1.165, 1.54) is 0 Å². The van der Waals surface area contributed by atoms with Crippen molar-refractivity contribution in [3.63, 3.8) is 0 Å². The molecule has 0 amide bonds. The molecular formula is C14H13Br2N3. The van der Waals surface area contributed by atoms with Crippen LogP contribution in [-0.2, 0) is 13.6 Å². The Kier molecular flexibility index (Phi) is 4.33. The maximum absolute atomic E-state index is 9.02. The number of halogens is 2. The molecule has 0 saturated heterocycles. The lowest BCUT2D eigenvalue weighted by Crippen LogP contribution is -2.02. The summed E-state index contributed by atoms with van der Waals surface area (Å²) in [6.07, 6.45) is 0. The molecule has 0 aliphatic carbocycles. The molecule has 98 valence electrons. The van der Waals surface area contributed by atoms with Crippen LogP contribution in [0.3, 0.4) is 0 Å². The Hall–Kier alpha value is -1.25. The first-order valence-electron chi connectivity index (χ1n) is 5.77. The molecule has 2 rings (SSSR count). The Bertz CT molecular complexity index is 633. The summed E-state index contributed by atoms with van der Waals surface area (Å²) in [5, 5.41) is 12.4. The highest BCUT2D eigenvalue weighted by Crippen LogP contribution is 2.31. The van der Waals surface area contributed by atoms with E-state index in [2.05, 4.69) is 43.2 Å². The Morgan fingerprint density at radius 3 is 2.47 bits per heavy atom. The number of nitriles is 1. The van der Waals surface area contributed by atoms with Gasteiger partial charge in [-0.1, -0.05) is 6.07 Å². The standard InChI is InChI=1S/C14H13Br2N3/c1-9-10(6-11(7-17)19(9)2)8-18-14-12(15)4-3-5-13(14)16/h3-6,18H,8H2,1-2H3. The molecule has 1 N–H and O–H groups in total. The van der Waals surface area contributed by atoms with Gasteiger partial charge >= 0.3 is 0 Å². The molecule has 3 nitrogen and oxygen atoms in total. The van der Waals surface area contributed by atoms with Crippen LogP contribution in [-0.4, -0.2) is 4.57 Å². The molecule has 2 aromatic rings. The van der Waals surface area contributed by atoms with Crippen molar-refractivity contribution < 1.29 is 0 Å². The fourth-order valence-corrected chi connectivity index (χ4v) is 3.18. The zero-order valence-corrected chi connectivity index (χ0v) is 13.8. The normalized spacial score (nSPS) is 10.3. The third kappa shape index (κ3) is 2.85. The van der Waals surface area contributed by atoms with Crippen molar-refractivity contribution in [1.82, 2.24) is 4.57 Å². The Labute approximate surface area is 129 Å². The van der Waals surface area contributed by atoms with Gasteiger partial charge < -0.3 is 9.88 Å². The van der Waals surface area contributed by atoms with Gasteiger partial charge in [-0.25, -0.2) is 0 Å². The second-order valence-electron chi connectivity index (χ2n) is 4.26. The zero-order chi connectivity index (χ0) is 14.0. The van der Waals surface area contributed by atoms with E-state index >= 15 is 0 Å². The van der Waals surface area contributed by atoms with Gasteiger partial charge in [-0.15, -0.1) is 0 Å². The van der Waals surface area contributed by atoms with Crippen LogP contribution in [0, 0.1) is 18.3 Å². The number of aromatic nitrogens is 1. The summed E-state index contributed by atoms with van der Waals surface area (Å²) in [6.45, 7) is 2.70. The fraction of sp³-hybridized carbons (Fsp3) is 0.214. The number of anilines is 1. The quantitative estimate of drug-likeness (QED) is 0.857. The van der Waals surface area contributed by atoms with E-state index in [-0.39, 0.29) is 0 Å². The van der Waals surface area contributed by atoms with E-state index in [0.717, 1.165) is 25.9 Å². The number of nitrogens with zero attached hydrogens (tertiary/aromatic N) is 2. The summed E-state index contributed by atoms with van der Waals surface area (Å²) in [5.41, 5.74) is 3.93. The minimum atomic E-state index is 0.681. The SMILES string of the molecule is Cc1c(CNc2c(Br)cccc2Br)cc(C#N)n1C. The van der Waals surface area contributed by atoms with Gasteiger partial charge in [0.15, 0.2) is 0 Å². The lowest BCUT2D eigenvalue weighted by Gasteiger charge is -2.10. The molecule has 0 aliphatic rings. The zero-order valence-electron chi connectivity index (χ0n) is 10.7. The minimum Gasteiger partial charge on any atom is -0.379 e. The number of para-hydroxylation sites is 1. The van der Waals surface area contributed by atoms with Gasteiger partial charge in [0, 0.05) is 28.2 Å². The average molecular weight is 383 g/mol. The molecule has 1 aromatic heterocycles. The first-order chi connectivity index (χ1) is 9.04. The van der Waals surface area contributed by atoms with Crippen LogP contribution in [0.15, 0.2) is 33.2 Å². The minimum absolute atomic E-state index is 0.681. The summed E-state index contributed by atoms with van der Waals surface area (Å²) < 4.78 is 3.93. The van der Waals surface area contributed by atoms with Crippen molar-refractivity contribution in [2.24, 2.45) is 7.05 Å². The van der Waals surface area contributed by atoms with Crippen LogP contribution in [0.4, 0.5) is 5.69 Å². The number of rotatable bonds is 3. The molecule has 0 spiro atoms. The molecule has 0 fully saturated rings. The van der Waals surface area contributed by atoms with Crippen LogP contribution in [0.5, 0.6) is 0 Å². The molecule has 1 heterocycles. The predicted molar refractivity (Wildman–Crippen MR) is 84.0 cm³/mol. The molecule has 0 saturated carbocycles. The van der Waals surface area contributed by atoms with E-state index in [9.17, 15) is 0 Å². The van der Waals surface area contributed by atoms with Gasteiger partial charge in [0.05, 0.1) is 5.69 Å². The molecule has 5 heteroatoms. The maximum Gasteiger partial charge on any atom is 0.120 e. The average Bonchev–Trinajstić information content (AvgIpc) is 2.66. The first kappa shape index (κ1) is 14.2. The van der Waals surface area contributed by atoms with Crippen molar-refractivity contribution in [3.05, 3.63) is 50.2 Å². The van der Waals surface area contributed by atoms with Crippen molar-refractivity contribution in [2.75, 3.05) is 5.32 Å². The molecule has 0 aliphatic heterocycles. The second kappa shape index (κ2) is 5.81. The maximum atomic E-state index is 9.02. The largest absolute Gasteiger partial charge is 0.379 e. The van der Waals surface area contributed by atoms with E-state index < -0.39 is 0 Å². The van der Waals surface area contributed by atoms with Crippen molar-refractivity contribution in [2.45, 2.75) is 13.5 Å². The Morgan fingerprint density at radius 1 is 1.32 bits per heavy atom. The van der Waals surface area contributed by atoms with Gasteiger partial charge in [-0.05, 0) is 62.5 Å². The highest BCUT2D eigenvalue weighted by Gasteiger charge is 2.10. The van der Waals surface area contributed by atoms with Crippen LogP contribution >= 0.6 is 31.9 Å². The van der Waals surface area contributed by atoms with Crippen molar-refractivity contribution in [1.29, 1.82) is 5.26 Å². The van der Waals surface area contributed by atoms with Crippen LogP contribution in [0.25, 0.3) is 0 Å². The molecule has 0 bridgehead atoms. The summed E-state index contributed by atoms with van der Waals surface area (Å²) >= 11 is 7.04. The summed E-state index contributed by atoms with van der Waals surface area (Å²) in [5.74, 6) is 0. The third-order valence-electron chi connectivity index (χ3n) is 3.17. The molecular weight excluding hydrogens is 370 g/mol. The van der Waals surface area contributed by atoms with Crippen molar-refractivity contribution in [3.8, 4) is 6.07 Å². The van der Waals surface area contributed by atoms with E-state index in [0.29, 0.717) is 12.2 Å².